The topological polar surface area (TPSA) is 64.4 Å². The van der Waals surface area contributed by atoms with Crippen molar-refractivity contribution in [2.75, 3.05) is 19.8 Å². The van der Waals surface area contributed by atoms with Crippen LogP contribution in [0.15, 0.2) is 17.5 Å². The lowest BCUT2D eigenvalue weighted by atomic mass is 9.79. The Morgan fingerprint density at radius 2 is 2.30 bits per heavy atom. The maximum atomic E-state index is 12.7. The minimum atomic E-state index is -0.443. The minimum absolute atomic E-state index is 0.0927. The van der Waals surface area contributed by atoms with Crippen molar-refractivity contribution in [1.29, 1.82) is 0 Å². The maximum Gasteiger partial charge on any atom is 0.228 e. The summed E-state index contributed by atoms with van der Waals surface area (Å²) in [6.45, 7) is 3.79. The molecule has 1 aliphatic heterocycles. The molecule has 1 unspecified atom stereocenters. The van der Waals surface area contributed by atoms with Crippen molar-refractivity contribution in [3.8, 4) is 0 Å². The molecular weight excluding hydrogens is 272 g/mol. The third-order valence-electron chi connectivity index (χ3n) is 4.09. The van der Waals surface area contributed by atoms with Crippen molar-refractivity contribution in [2.45, 2.75) is 38.6 Å². The van der Waals surface area contributed by atoms with Crippen molar-refractivity contribution in [3.05, 3.63) is 22.4 Å². The SMILES string of the molecule is CCCC(NC(=O)C1(CN)CCOCC1)c1cccs1. The van der Waals surface area contributed by atoms with Crippen LogP contribution in [0, 0.1) is 5.41 Å². The quantitative estimate of drug-likeness (QED) is 0.847. The van der Waals surface area contributed by atoms with Gasteiger partial charge in [0.05, 0.1) is 11.5 Å². The third kappa shape index (κ3) is 3.40. The van der Waals surface area contributed by atoms with Crippen molar-refractivity contribution in [2.24, 2.45) is 11.1 Å². The zero-order valence-electron chi connectivity index (χ0n) is 12.1. The molecule has 1 amide bonds. The lowest BCUT2D eigenvalue weighted by molar-refractivity contribution is -0.136. The molecule has 5 heteroatoms. The van der Waals surface area contributed by atoms with Gasteiger partial charge in [-0.05, 0) is 30.7 Å². The molecule has 112 valence electrons. The highest BCUT2D eigenvalue weighted by Crippen LogP contribution is 2.32. The van der Waals surface area contributed by atoms with Crippen LogP contribution in [0.3, 0.4) is 0 Å². The number of hydrogen-bond acceptors (Lipinski definition) is 4. The van der Waals surface area contributed by atoms with E-state index in [2.05, 4.69) is 23.7 Å². The molecule has 3 N–H and O–H groups in total. The van der Waals surface area contributed by atoms with Gasteiger partial charge in [-0.3, -0.25) is 4.79 Å². The summed E-state index contributed by atoms with van der Waals surface area (Å²) >= 11 is 1.70. The molecule has 1 atom stereocenters. The van der Waals surface area contributed by atoms with Gasteiger partial charge in [-0.15, -0.1) is 11.3 Å². The van der Waals surface area contributed by atoms with Crippen LogP contribution >= 0.6 is 11.3 Å². The van der Waals surface area contributed by atoms with Gasteiger partial charge in [0.1, 0.15) is 0 Å². The van der Waals surface area contributed by atoms with Crippen molar-refractivity contribution >= 4 is 17.2 Å². The van der Waals surface area contributed by atoms with Gasteiger partial charge in [-0.2, -0.15) is 0 Å². The summed E-state index contributed by atoms with van der Waals surface area (Å²) in [6.07, 6.45) is 3.45. The first-order chi connectivity index (χ1) is 9.72. The van der Waals surface area contributed by atoms with Crippen LogP contribution in [0.4, 0.5) is 0 Å². The van der Waals surface area contributed by atoms with Gasteiger partial charge in [-0.25, -0.2) is 0 Å². The zero-order chi connectivity index (χ0) is 14.4. The number of carbonyl (C=O) groups is 1. The highest BCUT2D eigenvalue weighted by atomic mass is 32.1. The molecule has 1 fully saturated rings. The molecule has 0 bridgehead atoms. The first kappa shape index (κ1) is 15.5. The van der Waals surface area contributed by atoms with E-state index in [0.717, 1.165) is 25.7 Å². The van der Waals surface area contributed by atoms with E-state index in [-0.39, 0.29) is 11.9 Å². The van der Waals surface area contributed by atoms with Crippen LogP contribution in [0.2, 0.25) is 0 Å². The molecule has 2 heterocycles. The fourth-order valence-electron chi connectivity index (χ4n) is 2.66. The Labute approximate surface area is 124 Å². The van der Waals surface area contributed by atoms with Gasteiger partial charge in [0.2, 0.25) is 5.91 Å². The molecular formula is C15H24N2O2S. The summed E-state index contributed by atoms with van der Waals surface area (Å²) < 4.78 is 5.37. The first-order valence-electron chi connectivity index (χ1n) is 7.34. The third-order valence-corrected chi connectivity index (χ3v) is 5.08. The Morgan fingerprint density at radius 3 is 2.85 bits per heavy atom. The molecule has 1 aromatic rings. The first-order valence-corrected chi connectivity index (χ1v) is 8.22. The molecule has 0 saturated carbocycles. The molecule has 2 rings (SSSR count). The number of thiophene rings is 1. The van der Waals surface area contributed by atoms with Crippen molar-refractivity contribution in [1.82, 2.24) is 5.32 Å². The van der Waals surface area contributed by atoms with Gasteiger partial charge in [0.15, 0.2) is 0 Å². The smallest absolute Gasteiger partial charge is 0.228 e. The van der Waals surface area contributed by atoms with Crippen molar-refractivity contribution in [3.63, 3.8) is 0 Å². The van der Waals surface area contributed by atoms with Crippen LogP contribution in [0.1, 0.15) is 43.5 Å². The van der Waals surface area contributed by atoms with Crippen LogP contribution in [-0.2, 0) is 9.53 Å². The standard InChI is InChI=1S/C15H24N2O2S/c1-2-4-12(13-5-3-10-20-13)17-14(18)15(11-16)6-8-19-9-7-15/h3,5,10,12H,2,4,6-9,11,16H2,1H3,(H,17,18). The second kappa shape index (κ2) is 7.20. The fraction of sp³-hybridized carbons (Fsp3) is 0.667. The summed E-state index contributed by atoms with van der Waals surface area (Å²) in [5.41, 5.74) is 5.45. The van der Waals surface area contributed by atoms with Gasteiger partial charge in [-0.1, -0.05) is 19.4 Å². The molecule has 1 aliphatic rings. The van der Waals surface area contributed by atoms with E-state index in [1.54, 1.807) is 11.3 Å². The minimum Gasteiger partial charge on any atom is -0.381 e. The normalized spacial score (nSPS) is 19.5. The monoisotopic (exact) mass is 296 g/mol. The molecule has 0 radical (unpaired) electrons. The fourth-order valence-corrected chi connectivity index (χ4v) is 3.47. The van der Waals surface area contributed by atoms with E-state index >= 15 is 0 Å². The number of carbonyl (C=O) groups excluding carboxylic acids is 1. The lowest BCUT2D eigenvalue weighted by Crippen LogP contribution is -2.49. The summed E-state index contributed by atoms with van der Waals surface area (Å²) in [5, 5.41) is 5.27. The predicted octanol–water partition coefficient (Wildman–Crippen LogP) is 2.46. The predicted molar refractivity (Wildman–Crippen MR) is 81.7 cm³/mol. The molecule has 20 heavy (non-hydrogen) atoms. The van der Waals surface area contributed by atoms with Crippen LogP contribution < -0.4 is 11.1 Å². The Kier molecular flexibility index (Phi) is 5.57. The maximum absolute atomic E-state index is 12.7. The van der Waals surface area contributed by atoms with Crippen molar-refractivity contribution < 1.29 is 9.53 Å². The lowest BCUT2D eigenvalue weighted by Gasteiger charge is -2.35. The van der Waals surface area contributed by atoms with Gasteiger partial charge >= 0.3 is 0 Å². The number of hydrogen-bond donors (Lipinski definition) is 2. The Bertz CT molecular complexity index is 414. The number of nitrogens with one attached hydrogen (secondary N) is 1. The average molecular weight is 296 g/mol. The van der Waals surface area contributed by atoms with Gasteiger partial charge < -0.3 is 15.8 Å². The second-order valence-corrected chi connectivity index (χ2v) is 6.41. The number of amides is 1. The summed E-state index contributed by atoms with van der Waals surface area (Å²) in [7, 11) is 0. The van der Waals surface area contributed by atoms with Gasteiger partial charge in [0, 0.05) is 24.6 Å². The molecule has 1 saturated heterocycles. The van der Waals surface area contributed by atoms with E-state index in [1.165, 1.54) is 4.88 Å². The second-order valence-electron chi connectivity index (χ2n) is 5.43. The van der Waals surface area contributed by atoms with Crippen LogP contribution in [-0.4, -0.2) is 25.7 Å². The number of nitrogens with two attached hydrogens (primary N) is 1. The molecule has 4 nitrogen and oxygen atoms in total. The number of rotatable bonds is 6. The number of ether oxygens (including phenoxy) is 1. The molecule has 0 aliphatic carbocycles. The summed E-state index contributed by atoms with van der Waals surface area (Å²) in [5.74, 6) is 0.0927. The highest BCUT2D eigenvalue weighted by molar-refractivity contribution is 7.10. The van der Waals surface area contributed by atoms with E-state index in [9.17, 15) is 4.79 Å². The van der Waals surface area contributed by atoms with Crippen LogP contribution in [0.25, 0.3) is 0 Å². The average Bonchev–Trinajstić information content (AvgIpc) is 3.01. The molecule has 0 aromatic carbocycles. The summed E-state index contributed by atoms with van der Waals surface area (Å²) in [6, 6.07) is 4.23. The molecule has 1 aromatic heterocycles. The molecule has 0 spiro atoms. The van der Waals surface area contributed by atoms with Gasteiger partial charge in [0.25, 0.3) is 0 Å². The zero-order valence-corrected chi connectivity index (χ0v) is 12.9. The highest BCUT2D eigenvalue weighted by Gasteiger charge is 2.39. The summed E-state index contributed by atoms with van der Waals surface area (Å²) in [4.78, 5) is 13.9. The van der Waals surface area contributed by atoms with E-state index in [0.29, 0.717) is 19.8 Å². The Balaban J connectivity index is 2.07. The van der Waals surface area contributed by atoms with Crippen LogP contribution in [0.5, 0.6) is 0 Å². The van der Waals surface area contributed by atoms with E-state index < -0.39 is 5.41 Å². The largest absolute Gasteiger partial charge is 0.381 e. The Morgan fingerprint density at radius 1 is 1.55 bits per heavy atom. The van der Waals surface area contributed by atoms with E-state index in [1.807, 2.05) is 6.07 Å². The van der Waals surface area contributed by atoms with E-state index in [4.69, 9.17) is 10.5 Å². The Hall–Kier alpha value is -0.910.